The van der Waals surface area contributed by atoms with E-state index in [1.165, 1.54) is 7.11 Å². The predicted molar refractivity (Wildman–Crippen MR) is 97.3 cm³/mol. The molecule has 1 aliphatic rings. The minimum Gasteiger partial charge on any atom is -0.467 e. The lowest BCUT2D eigenvalue weighted by Crippen LogP contribution is -2.50. The number of methoxy groups -OCH3 is 1. The van der Waals surface area contributed by atoms with E-state index in [9.17, 15) is 9.59 Å². The van der Waals surface area contributed by atoms with E-state index in [2.05, 4.69) is 20.0 Å². The molecule has 2 N–H and O–H groups in total. The molecule has 0 bridgehead atoms. The molecule has 0 spiro atoms. The molecule has 26 heavy (non-hydrogen) atoms. The van der Waals surface area contributed by atoms with E-state index in [-0.39, 0.29) is 0 Å². The molecule has 2 amide bonds. The number of ether oxygens (including phenoxy) is 1. The Balaban J connectivity index is 1.96. The van der Waals surface area contributed by atoms with Crippen molar-refractivity contribution in [2.75, 3.05) is 13.7 Å². The highest BCUT2D eigenvalue weighted by atomic mass is 35.5. The number of urea groups is 1. The van der Waals surface area contributed by atoms with Gasteiger partial charge >= 0.3 is 12.0 Å². The summed E-state index contributed by atoms with van der Waals surface area (Å²) < 4.78 is 4.66. The average molecular weight is 397 g/mol. The van der Waals surface area contributed by atoms with Gasteiger partial charge < -0.3 is 19.9 Å². The molecular formula is C17H18Cl2N4O3. The van der Waals surface area contributed by atoms with Gasteiger partial charge in [0.05, 0.1) is 19.1 Å². The predicted octanol–water partition coefficient (Wildman–Crippen LogP) is 2.94. The number of aromatic nitrogens is 2. The minimum atomic E-state index is -0.769. The van der Waals surface area contributed by atoms with Crippen molar-refractivity contribution in [3.05, 3.63) is 51.5 Å². The maximum atomic E-state index is 12.8. The minimum absolute atomic E-state index is 0.396. The number of carbonyl (C=O) groups excluding carboxylic acids is 2. The summed E-state index contributed by atoms with van der Waals surface area (Å²) >= 11 is 12.4. The third kappa shape index (κ3) is 3.50. The number of hydrogen-bond acceptors (Lipinski definition) is 4. The van der Waals surface area contributed by atoms with Crippen molar-refractivity contribution in [2.24, 2.45) is 0 Å². The second-order valence-electron chi connectivity index (χ2n) is 5.97. The molecule has 7 nitrogen and oxygen atoms in total. The highest BCUT2D eigenvalue weighted by Gasteiger charge is 2.36. The van der Waals surface area contributed by atoms with Crippen LogP contribution in [0.25, 0.3) is 0 Å². The zero-order valence-corrected chi connectivity index (χ0v) is 15.8. The van der Waals surface area contributed by atoms with Crippen LogP contribution >= 0.6 is 23.2 Å². The summed E-state index contributed by atoms with van der Waals surface area (Å²) in [6, 6.07) is 3.48. The summed E-state index contributed by atoms with van der Waals surface area (Å²) in [6.07, 6.45) is 2.22. The van der Waals surface area contributed by atoms with E-state index in [0.29, 0.717) is 28.6 Å². The van der Waals surface area contributed by atoms with Gasteiger partial charge in [0, 0.05) is 28.7 Å². The van der Waals surface area contributed by atoms with Crippen LogP contribution in [-0.4, -0.2) is 46.6 Å². The summed E-state index contributed by atoms with van der Waals surface area (Å²) in [7, 11) is 1.28. The number of imidazole rings is 1. The molecule has 2 aromatic rings. The van der Waals surface area contributed by atoms with Crippen LogP contribution in [0.1, 0.15) is 29.9 Å². The fourth-order valence-corrected chi connectivity index (χ4v) is 3.55. The van der Waals surface area contributed by atoms with Gasteiger partial charge in [-0.15, -0.1) is 0 Å². The maximum Gasteiger partial charge on any atom is 0.328 e. The van der Waals surface area contributed by atoms with Gasteiger partial charge in [-0.25, -0.2) is 14.6 Å². The Kier molecular flexibility index (Phi) is 5.38. The third-order valence-corrected chi connectivity index (χ3v) is 4.90. The molecule has 2 heterocycles. The number of aromatic amines is 1. The number of benzene rings is 1. The monoisotopic (exact) mass is 396 g/mol. The first-order valence-corrected chi connectivity index (χ1v) is 8.80. The highest BCUT2D eigenvalue weighted by Crippen LogP contribution is 2.37. The van der Waals surface area contributed by atoms with Crippen LogP contribution in [-0.2, 0) is 16.0 Å². The molecule has 0 saturated heterocycles. The van der Waals surface area contributed by atoms with Gasteiger partial charge in [-0.2, -0.15) is 0 Å². The van der Waals surface area contributed by atoms with Gasteiger partial charge in [-0.05, 0) is 24.6 Å². The first-order chi connectivity index (χ1) is 12.4. The van der Waals surface area contributed by atoms with Crippen LogP contribution in [0.2, 0.25) is 10.0 Å². The lowest BCUT2D eigenvalue weighted by Gasteiger charge is -2.36. The van der Waals surface area contributed by atoms with Gasteiger partial charge in [-0.3, -0.25) is 0 Å². The van der Waals surface area contributed by atoms with E-state index in [0.717, 1.165) is 11.4 Å². The molecule has 1 aliphatic heterocycles. The summed E-state index contributed by atoms with van der Waals surface area (Å²) in [5.74, 6) is -0.517. The standard InChI is InChI=1S/C17H18Cl2N4O3/c1-9(16(24)26-2)22-17(25)23-6-5-13-14(21-8-20-13)15(23)11-4-3-10(18)7-12(11)19/h3-4,7-9,15H,5-6H2,1-2H3,(H,20,21)(H,22,25)/t9-,15?/m0/s1. The molecule has 1 aromatic carbocycles. The Labute approximate surface area is 160 Å². The molecule has 3 rings (SSSR count). The average Bonchev–Trinajstić information content (AvgIpc) is 3.09. The first-order valence-electron chi connectivity index (χ1n) is 8.04. The quantitative estimate of drug-likeness (QED) is 0.780. The first kappa shape index (κ1) is 18.5. The third-order valence-electron chi connectivity index (χ3n) is 4.34. The SMILES string of the molecule is COC(=O)[C@H](C)NC(=O)N1CCc2[nH]cnc2C1c1ccc(Cl)cc1Cl. The Morgan fingerprint density at radius 3 is 2.88 bits per heavy atom. The van der Waals surface area contributed by atoms with E-state index in [1.807, 2.05) is 0 Å². The Morgan fingerprint density at radius 1 is 1.42 bits per heavy atom. The Morgan fingerprint density at radius 2 is 2.19 bits per heavy atom. The van der Waals surface area contributed by atoms with Gasteiger partial charge in [-0.1, -0.05) is 29.3 Å². The van der Waals surface area contributed by atoms with E-state index in [1.54, 1.807) is 36.4 Å². The summed E-state index contributed by atoms with van der Waals surface area (Å²) in [6.45, 7) is 2.01. The van der Waals surface area contributed by atoms with Crippen molar-refractivity contribution in [3.63, 3.8) is 0 Å². The number of nitrogens with zero attached hydrogens (tertiary/aromatic N) is 2. The van der Waals surface area contributed by atoms with Crippen LogP contribution in [0.4, 0.5) is 4.79 Å². The molecule has 0 fully saturated rings. The summed E-state index contributed by atoms with van der Waals surface area (Å²) in [5, 5.41) is 3.61. The van der Waals surface area contributed by atoms with E-state index in [4.69, 9.17) is 23.2 Å². The Bertz CT molecular complexity index is 839. The molecule has 0 saturated carbocycles. The van der Waals surface area contributed by atoms with Crippen molar-refractivity contribution >= 4 is 35.2 Å². The maximum absolute atomic E-state index is 12.8. The number of fused-ring (bicyclic) bond motifs is 1. The molecular weight excluding hydrogens is 379 g/mol. The van der Waals surface area contributed by atoms with Gasteiger partial charge in [0.15, 0.2) is 0 Å². The van der Waals surface area contributed by atoms with Crippen molar-refractivity contribution < 1.29 is 14.3 Å². The largest absolute Gasteiger partial charge is 0.467 e. The van der Waals surface area contributed by atoms with E-state index < -0.39 is 24.1 Å². The van der Waals surface area contributed by atoms with Crippen molar-refractivity contribution in [1.29, 1.82) is 0 Å². The number of carbonyl (C=O) groups is 2. The lowest BCUT2D eigenvalue weighted by molar-refractivity contribution is -0.142. The zero-order valence-electron chi connectivity index (χ0n) is 14.3. The second-order valence-corrected chi connectivity index (χ2v) is 6.82. The van der Waals surface area contributed by atoms with Gasteiger partial charge in [0.1, 0.15) is 12.1 Å². The molecule has 1 unspecified atom stereocenters. The fourth-order valence-electron chi connectivity index (χ4n) is 3.04. The lowest BCUT2D eigenvalue weighted by atomic mass is 9.96. The number of esters is 1. The summed E-state index contributed by atoms with van der Waals surface area (Å²) in [5.41, 5.74) is 2.39. The highest BCUT2D eigenvalue weighted by molar-refractivity contribution is 6.35. The van der Waals surface area contributed by atoms with Crippen molar-refractivity contribution in [2.45, 2.75) is 25.4 Å². The van der Waals surface area contributed by atoms with Crippen molar-refractivity contribution in [1.82, 2.24) is 20.2 Å². The van der Waals surface area contributed by atoms with Crippen LogP contribution < -0.4 is 5.32 Å². The van der Waals surface area contributed by atoms with Crippen LogP contribution in [0.5, 0.6) is 0 Å². The molecule has 0 aliphatic carbocycles. The molecule has 138 valence electrons. The van der Waals surface area contributed by atoms with E-state index >= 15 is 0 Å². The number of halogens is 2. The zero-order chi connectivity index (χ0) is 18.8. The smallest absolute Gasteiger partial charge is 0.328 e. The summed E-state index contributed by atoms with van der Waals surface area (Å²) in [4.78, 5) is 33.5. The number of rotatable bonds is 3. The second kappa shape index (κ2) is 7.55. The number of amides is 2. The van der Waals surface area contributed by atoms with Crippen molar-refractivity contribution in [3.8, 4) is 0 Å². The van der Waals surface area contributed by atoms with Gasteiger partial charge in [0.25, 0.3) is 0 Å². The number of hydrogen-bond donors (Lipinski definition) is 2. The normalized spacial score (nSPS) is 17.4. The fraction of sp³-hybridized carbons (Fsp3) is 0.353. The molecule has 1 aromatic heterocycles. The number of H-pyrrole nitrogens is 1. The van der Waals surface area contributed by atoms with Gasteiger partial charge in [0.2, 0.25) is 0 Å². The molecule has 2 atom stereocenters. The van der Waals surface area contributed by atoms with Crippen LogP contribution in [0, 0.1) is 0 Å². The van der Waals surface area contributed by atoms with Crippen LogP contribution in [0.15, 0.2) is 24.5 Å². The molecule has 9 heteroatoms. The molecule has 0 radical (unpaired) electrons. The van der Waals surface area contributed by atoms with Crippen LogP contribution in [0.3, 0.4) is 0 Å². The Hall–Kier alpha value is -2.25. The topological polar surface area (TPSA) is 87.3 Å². The number of nitrogens with one attached hydrogen (secondary N) is 2.